The number of hydrogen-bond acceptors (Lipinski definition) is 8. The van der Waals surface area contributed by atoms with Crippen molar-refractivity contribution in [2.75, 3.05) is 31.0 Å². The second kappa shape index (κ2) is 11.5. The van der Waals surface area contributed by atoms with Gasteiger partial charge in [0.1, 0.15) is 36.1 Å². The maximum absolute atomic E-state index is 13.3. The average molecular weight is 495 g/mol. The molecule has 3 N–H and O–H groups in total. The smallest absolute Gasteiger partial charge is 0.230 e. The molecule has 1 amide bonds. The fourth-order valence-corrected chi connectivity index (χ4v) is 3.48. The van der Waals surface area contributed by atoms with Crippen LogP contribution in [0.3, 0.4) is 0 Å². The van der Waals surface area contributed by atoms with Gasteiger partial charge in [-0.15, -0.1) is 0 Å². The van der Waals surface area contributed by atoms with Gasteiger partial charge in [-0.3, -0.25) is 9.89 Å². The second-order valence-electron chi connectivity index (χ2n) is 8.18. The minimum atomic E-state index is -0.424. The molecule has 0 unspecified atom stereocenters. The van der Waals surface area contributed by atoms with Crippen molar-refractivity contribution in [1.82, 2.24) is 20.2 Å². The number of ether oxygens (including phenoxy) is 3. The van der Waals surface area contributed by atoms with Gasteiger partial charge in [0, 0.05) is 36.7 Å². The van der Waals surface area contributed by atoms with Gasteiger partial charge in [-0.1, -0.05) is 6.07 Å². The van der Waals surface area contributed by atoms with Crippen LogP contribution in [0, 0.1) is 5.82 Å². The summed E-state index contributed by atoms with van der Waals surface area (Å²) in [6.45, 7) is 4.70. The van der Waals surface area contributed by atoms with Gasteiger partial charge in [0.25, 0.3) is 0 Å². The molecule has 10 nitrogen and oxygen atoms in total. The van der Waals surface area contributed by atoms with Gasteiger partial charge < -0.3 is 24.8 Å². The zero-order valence-corrected chi connectivity index (χ0v) is 20.2. The Labute approximate surface area is 207 Å². The van der Waals surface area contributed by atoms with Crippen LogP contribution in [0.15, 0.2) is 48.8 Å². The number of amides is 1. The standard InChI is InChI=1S/C25H27FN6O4/c1-15(2)36-21-13-19(35-8-7-34-3)12-20-24(21)25(28-14-27-20)30-22-10-18(31-32-22)11-23(33)29-17-6-4-5-16(26)9-17/h4-6,9-10,12-15H,7-8,11H2,1-3H3,(H,29,33)(H2,27,28,30,31,32). The van der Waals surface area contributed by atoms with E-state index in [0.29, 0.717) is 58.6 Å². The summed E-state index contributed by atoms with van der Waals surface area (Å²) in [5, 5.41) is 13.6. The third-order valence-corrected chi connectivity index (χ3v) is 4.93. The summed E-state index contributed by atoms with van der Waals surface area (Å²) >= 11 is 0. The molecular weight excluding hydrogens is 467 g/mol. The number of fused-ring (bicyclic) bond motifs is 1. The average Bonchev–Trinajstić information content (AvgIpc) is 3.25. The Hall–Kier alpha value is -4.25. The summed E-state index contributed by atoms with van der Waals surface area (Å²) in [6.07, 6.45) is 1.37. The summed E-state index contributed by atoms with van der Waals surface area (Å²) in [4.78, 5) is 21.1. The molecule has 0 aliphatic carbocycles. The molecule has 2 heterocycles. The van der Waals surface area contributed by atoms with E-state index < -0.39 is 5.82 Å². The molecule has 11 heteroatoms. The Kier molecular flexibility index (Phi) is 7.91. The Balaban J connectivity index is 1.53. The fourth-order valence-electron chi connectivity index (χ4n) is 3.48. The third kappa shape index (κ3) is 6.45. The van der Waals surface area contributed by atoms with Gasteiger partial charge in [-0.05, 0) is 32.0 Å². The topological polar surface area (TPSA) is 123 Å². The number of carbonyl (C=O) groups excluding carboxylic acids is 1. The first-order valence-electron chi connectivity index (χ1n) is 11.3. The van der Waals surface area contributed by atoms with Gasteiger partial charge >= 0.3 is 0 Å². The zero-order chi connectivity index (χ0) is 25.5. The van der Waals surface area contributed by atoms with Crippen molar-refractivity contribution in [3.8, 4) is 11.5 Å². The van der Waals surface area contributed by atoms with Crippen LogP contribution in [-0.2, 0) is 16.0 Å². The first-order chi connectivity index (χ1) is 17.4. The van der Waals surface area contributed by atoms with E-state index in [1.165, 1.54) is 24.5 Å². The van der Waals surface area contributed by atoms with Gasteiger partial charge in [-0.25, -0.2) is 14.4 Å². The highest BCUT2D eigenvalue weighted by Gasteiger charge is 2.16. The van der Waals surface area contributed by atoms with Crippen LogP contribution in [0.4, 0.5) is 21.7 Å². The third-order valence-electron chi connectivity index (χ3n) is 4.93. The number of aromatic amines is 1. The lowest BCUT2D eigenvalue weighted by molar-refractivity contribution is -0.115. The molecule has 188 valence electrons. The molecule has 36 heavy (non-hydrogen) atoms. The summed E-state index contributed by atoms with van der Waals surface area (Å²) < 4.78 is 30.2. The number of anilines is 3. The first-order valence-corrected chi connectivity index (χ1v) is 11.3. The summed E-state index contributed by atoms with van der Waals surface area (Å²) in [5.74, 6) is 1.37. The molecule has 4 aromatic rings. The Morgan fingerprint density at radius 3 is 2.78 bits per heavy atom. The Bertz CT molecular complexity index is 1340. The highest BCUT2D eigenvalue weighted by atomic mass is 19.1. The van der Waals surface area contributed by atoms with Crippen molar-refractivity contribution < 1.29 is 23.4 Å². The quantitative estimate of drug-likeness (QED) is 0.265. The lowest BCUT2D eigenvalue weighted by Crippen LogP contribution is -2.14. The van der Waals surface area contributed by atoms with Gasteiger partial charge in [0.15, 0.2) is 5.82 Å². The number of hydrogen-bond donors (Lipinski definition) is 3. The molecule has 0 bridgehead atoms. The summed E-state index contributed by atoms with van der Waals surface area (Å²) in [5.41, 5.74) is 1.58. The van der Waals surface area contributed by atoms with Gasteiger partial charge in [0.2, 0.25) is 5.91 Å². The van der Waals surface area contributed by atoms with Crippen LogP contribution in [0.5, 0.6) is 11.5 Å². The molecule has 0 spiro atoms. The van der Waals surface area contributed by atoms with Crippen molar-refractivity contribution in [2.24, 2.45) is 0 Å². The monoisotopic (exact) mass is 494 g/mol. The fraction of sp³-hybridized carbons (Fsp3) is 0.280. The lowest BCUT2D eigenvalue weighted by Gasteiger charge is -2.16. The number of benzene rings is 2. The predicted molar refractivity (Wildman–Crippen MR) is 133 cm³/mol. The van der Waals surface area contributed by atoms with Crippen molar-refractivity contribution in [1.29, 1.82) is 0 Å². The second-order valence-corrected chi connectivity index (χ2v) is 8.18. The first kappa shape index (κ1) is 24.9. The van der Waals surface area contributed by atoms with Crippen molar-refractivity contribution in [2.45, 2.75) is 26.4 Å². The van der Waals surface area contributed by atoms with Crippen molar-refractivity contribution >= 4 is 34.1 Å². The van der Waals surface area contributed by atoms with E-state index in [0.717, 1.165) is 0 Å². The number of methoxy groups -OCH3 is 1. The molecule has 2 aromatic heterocycles. The van der Waals surface area contributed by atoms with E-state index in [1.807, 2.05) is 13.8 Å². The Morgan fingerprint density at radius 1 is 1.14 bits per heavy atom. The summed E-state index contributed by atoms with van der Waals surface area (Å²) in [7, 11) is 1.61. The SMILES string of the molecule is COCCOc1cc(OC(C)C)c2c(Nc3cc(CC(=O)Nc4cccc(F)c4)[nH]n3)ncnc2c1. The van der Waals surface area contributed by atoms with Crippen LogP contribution in [0.25, 0.3) is 10.9 Å². The molecule has 0 fully saturated rings. The minimum absolute atomic E-state index is 0.0274. The molecule has 0 atom stereocenters. The van der Waals surface area contributed by atoms with E-state index in [1.54, 1.807) is 31.4 Å². The van der Waals surface area contributed by atoms with Crippen LogP contribution in [0.2, 0.25) is 0 Å². The van der Waals surface area contributed by atoms with Crippen LogP contribution >= 0.6 is 0 Å². The molecule has 2 aromatic carbocycles. The zero-order valence-electron chi connectivity index (χ0n) is 20.2. The van der Waals surface area contributed by atoms with Gasteiger partial charge in [0.05, 0.1) is 30.0 Å². The van der Waals surface area contributed by atoms with E-state index in [-0.39, 0.29) is 18.4 Å². The molecular formula is C25H27FN6O4. The molecule has 0 saturated carbocycles. The molecule has 4 rings (SSSR count). The number of nitrogens with zero attached hydrogens (tertiary/aromatic N) is 3. The number of nitrogens with one attached hydrogen (secondary N) is 3. The predicted octanol–water partition coefficient (Wildman–Crippen LogP) is 4.23. The molecule has 0 radical (unpaired) electrons. The van der Waals surface area contributed by atoms with Crippen LogP contribution in [0.1, 0.15) is 19.5 Å². The van der Waals surface area contributed by atoms with Crippen LogP contribution in [-0.4, -0.2) is 52.5 Å². The number of carbonyl (C=O) groups is 1. The van der Waals surface area contributed by atoms with Crippen LogP contribution < -0.4 is 20.1 Å². The number of H-pyrrole nitrogens is 1. The van der Waals surface area contributed by atoms with E-state index in [2.05, 4.69) is 30.8 Å². The largest absolute Gasteiger partial charge is 0.491 e. The molecule has 0 aliphatic heterocycles. The lowest BCUT2D eigenvalue weighted by atomic mass is 10.2. The highest BCUT2D eigenvalue weighted by Crippen LogP contribution is 2.36. The summed E-state index contributed by atoms with van der Waals surface area (Å²) in [6, 6.07) is 11.0. The van der Waals surface area contributed by atoms with E-state index >= 15 is 0 Å². The minimum Gasteiger partial charge on any atom is -0.491 e. The maximum Gasteiger partial charge on any atom is 0.230 e. The normalized spacial score (nSPS) is 11.0. The van der Waals surface area contributed by atoms with Gasteiger partial charge in [-0.2, -0.15) is 5.10 Å². The number of aromatic nitrogens is 4. The van der Waals surface area contributed by atoms with E-state index in [9.17, 15) is 9.18 Å². The molecule has 0 saturated heterocycles. The maximum atomic E-state index is 13.3. The van der Waals surface area contributed by atoms with Crippen molar-refractivity contribution in [3.63, 3.8) is 0 Å². The number of halogens is 1. The van der Waals surface area contributed by atoms with Crippen molar-refractivity contribution in [3.05, 3.63) is 60.3 Å². The van der Waals surface area contributed by atoms with E-state index in [4.69, 9.17) is 14.2 Å². The Morgan fingerprint density at radius 2 is 2.00 bits per heavy atom. The highest BCUT2D eigenvalue weighted by molar-refractivity contribution is 5.96. The molecule has 0 aliphatic rings. The number of rotatable bonds is 11.